The van der Waals surface area contributed by atoms with Gasteiger partial charge in [0.2, 0.25) is 0 Å². The van der Waals surface area contributed by atoms with E-state index in [1.165, 1.54) is 25.0 Å². The van der Waals surface area contributed by atoms with Crippen LogP contribution in [-0.4, -0.2) is 16.1 Å². The molecule has 2 rings (SSSR count). The summed E-state index contributed by atoms with van der Waals surface area (Å²) in [5, 5.41) is 0. The molecular weight excluding hydrogens is 198 g/mol. The Balaban J connectivity index is 2.18. The number of imidazole rings is 1. The first kappa shape index (κ1) is 11.6. The van der Waals surface area contributed by atoms with Crippen LogP contribution in [0.5, 0.6) is 0 Å². The van der Waals surface area contributed by atoms with E-state index in [1.807, 2.05) is 12.5 Å². The monoisotopic (exact) mass is 221 g/mol. The predicted octanol–water partition coefficient (Wildman–Crippen LogP) is 2.38. The second-order valence-corrected chi connectivity index (χ2v) is 5.17. The average molecular weight is 221 g/mol. The zero-order chi connectivity index (χ0) is 11.5. The van der Waals surface area contributed by atoms with Crippen LogP contribution in [0.3, 0.4) is 0 Å². The van der Waals surface area contributed by atoms with Gasteiger partial charge in [0.25, 0.3) is 0 Å². The Morgan fingerprint density at radius 1 is 1.44 bits per heavy atom. The van der Waals surface area contributed by atoms with Crippen molar-refractivity contribution in [2.24, 2.45) is 17.6 Å². The fraction of sp³-hybridized carbons (Fsp3) is 0.769. The molecule has 1 heterocycles. The zero-order valence-electron chi connectivity index (χ0n) is 10.4. The third-order valence-corrected chi connectivity index (χ3v) is 4.17. The molecule has 1 aromatic heterocycles. The van der Waals surface area contributed by atoms with Crippen molar-refractivity contribution in [3.63, 3.8) is 0 Å². The molecule has 1 aliphatic rings. The summed E-state index contributed by atoms with van der Waals surface area (Å²) in [4.78, 5) is 4.28. The van der Waals surface area contributed by atoms with Gasteiger partial charge in [-0.3, -0.25) is 0 Å². The predicted molar refractivity (Wildman–Crippen MR) is 66.2 cm³/mol. The van der Waals surface area contributed by atoms with E-state index in [0.717, 1.165) is 18.3 Å². The summed E-state index contributed by atoms with van der Waals surface area (Å²) in [5.74, 6) is 1.58. The first-order chi connectivity index (χ1) is 7.74. The lowest BCUT2D eigenvalue weighted by Crippen LogP contribution is -2.28. The molecule has 1 fully saturated rings. The van der Waals surface area contributed by atoms with E-state index in [0.29, 0.717) is 12.6 Å². The van der Waals surface area contributed by atoms with Crippen LogP contribution in [0.1, 0.15) is 44.8 Å². The highest BCUT2D eigenvalue weighted by molar-refractivity contribution is 5.02. The van der Waals surface area contributed by atoms with Crippen LogP contribution in [0.2, 0.25) is 0 Å². The Morgan fingerprint density at radius 3 is 3.00 bits per heavy atom. The van der Waals surface area contributed by atoms with Crippen molar-refractivity contribution in [2.45, 2.75) is 45.6 Å². The van der Waals surface area contributed by atoms with Crippen molar-refractivity contribution in [1.82, 2.24) is 9.55 Å². The lowest BCUT2D eigenvalue weighted by molar-refractivity contribution is 0.183. The van der Waals surface area contributed by atoms with Gasteiger partial charge in [0, 0.05) is 24.4 Å². The van der Waals surface area contributed by atoms with Crippen molar-refractivity contribution >= 4 is 0 Å². The molecule has 0 saturated heterocycles. The fourth-order valence-electron chi connectivity index (χ4n) is 2.92. The molecule has 3 nitrogen and oxygen atoms in total. The normalized spacial score (nSPS) is 30.6. The topological polar surface area (TPSA) is 43.8 Å². The SMILES string of the molecule is CC1CCCC(n2cncc2CCN)C1C. The number of rotatable bonds is 3. The lowest BCUT2D eigenvalue weighted by atomic mass is 9.78. The Labute approximate surface area is 98.1 Å². The molecule has 3 unspecified atom stereocenters. The van der Waals surface area contributed by atoms with Crippen molar-refractivity contribution in [1.29, 1.82) is 0 Å². The van der Waals surface area contributed by atoms with Gasteiger partial charge >= 0.3 is 0 Å². The summed E-state index contributed by atoms with van der Waals surface area (Å²) in [5.41, 5.74) is 6.94. The summed E-state index contributed by atoms with van der Waals surface area (Å²) in [6.45, 7) is 5.46. The molecule has 2 N–H and O–H groups in total. The number of nitrogens with zero attached hydrogens (tertiary/aromatic N) is 2. The van der Waals surface area contributed by atoms with E-state index < -0.39 is 0 Å². The lowest BCUT2D eigenvalue weighted by Gasteiger charge is -2.35. The van der Waals surface area contributed by atoms with Crippen LogP contribution in [0, 0.1) is 11.8 Å². The first-order valence-electron chi connectivity index (χ1n) is 6.44. The summed E-state index contributed by atoms with van der Waals surface area (Å²) < 4.78 is 2.37. The molecule has 16 heavy (non-hydrogen) atoms. The summed E-state index contributed by atoms with van der Waals surface area (Å²) >= 11 is 0. The van der Waals surface area contributed by atoms with Gasteiger partial charge in [-0.1, -0.05) is 26.7 Å². The van der Waals surface area contributed by atoms with Crippen molar-refractivity contribution in [3.8, 4) is 0 Å². The van der Waals surface area contributed by atoms with Crippen LogP contribution >= 0.6 is 0 Å². The van der Waals surface area contributed by atoms with Crippen LogP contribution in [0.4, 0.5) is 0 Å². The van der Waals surface area contributed by atoms with Crippen molar-refractivity contribution in [2.75, 3.05) is 6.54 Å². The average Bonchev–Trinajstić information content (AvgIpc) is 2.71. The van der Waals surface area contributed by atoms with Crippen LogP contribution in [0.25, 0.3) is 0 Å². The number of hydrogen-bond donors (Lipinski definition) is 1. The highest BCUT2D eigenvalue weighted by atomic mass is 15.1. The standard InChI is InChI=1S/C13H23N3/c1-10-4-3-5-13(11(10)2)16-9-15-8-12(16)6-7-14/h8-11,13H,3-7,14H2,1-2H3. The third kappa shape index (κ3) is 2.14. The van der Waals surface area contributed by atoms with Gasteiger partial charge < -0.3 is 10.3 Å². The Hall–Kier alpha value is -0.830. The summed E-state index contributed by atoms with van der Waals surface area (Å²) in [6.07, 6.45) is 8.91. The van der Waals surface area contributed by atoms with E-state index in [1.54, 1.807) is 0 Å². The minimum atomic E-state index is 0.632. The van der Waals surface area contributed by atoms with E-state index >= 15 is 0 Å². The molecule has 0 amide bonds. The highest BCUT2D eigenvalue weighted by Crippen LogP contribution is 2.38. The van der Waals surface area contributed by atoms with Crippen LogP contribution in [0.15, 0.2) is 12.5 Å². The molecule has 90 valence electrons. The van der Waals surface area contributed by atoms with Gasteiger partial charge in [0.1, 0.15) is 0 Å². The molecular formula is C13H23N3. The number of nitrogens with two attached hydrogens (primary N) is 1. The third-order valence-electron chi connectivity index (χ3n) is 4.17. The molecule has 0 radical (unpaired) electrons. The highest BCUT2D eigenvalue weighted by Gasteiger charge is 2.28. The van der Waals surface area contributed by atoms with Crippen molar-refractivity contribution in [3.05, 3.63) is 18.2 Å². The van der Waals surface area contributed by atoms with E-state index in [-0.39, 0.29) is 0 Å². The first-order valence-corrected chi connectivity index (χ1v) is 6.44. The minimum Gasteiger partial charge on any atom is -0.331 e. The van der Waals surface area contributed by atoms with Gasteiger partial charge in [-0.2, -0.15) is 0 Å². The summed E-state index contributed by atoms with van der Waals surface area (Å²) in [6, 6.07) is 0.632. The fourth-order valence-corrected chi connectivity index (χ4v) is 2.92. The second-order valence-electron chi connectivity index (χ2n) is 5.17. The molecule has 1 aliphatic carbocycles. The molecule has 3 atom stereocenters. The Kier molecular flexibility index (Phi) is 3.64. The van der Waals surface area contributed by atoms with Crippen molar-refractivity contribution < 1.29 is 0 Å². The molecule has 1 saturated carbocycles. The smallest absolute Gasteiger partial charge is 0.0950 e. The zero-order valence-corrected chi connectivity index (χ0v) is 10.4. The van der Waals surface area contributed by atoms with E-state index in [2.05, 4.69) is 23.4 Å². The second kappa shape index (κ2) is 5.00. The Morgan fingerprint density at radius 2 is 2.25 bits per heavy atom. The van der Waals surface area contributed by atoms with E-state index in [9.17, 15) is 0 Å². The van der Waals surface area contributed by atoms with Gasteiger partial charge in [-0.05, 0) is 24.8 Å². The minimum absolute atomic E-state index is 0.632. The number of aromatic nitrogens is 2. The maximum absolute atomic E-state index is 5.64. The molecule has 1 aromatic rings. The van der Waals surface area contributed by atoms with Gasteiger partial charge in [-0.25, -0.2) is 4.98 Å². The molecule has 0 bridgehead atoms. The van der Waals surface area contributed by atoms with Gasteiger partial charge in [0.05, 0.1) is 6.33 Å². The molecule has 0 aromatic carbocycles. The molecule has 3 heteroatoms. The largest absolute Gasteiger partial charge is 0.331 e. The van der Waals surface area contributed by atoms with Crippen LogP contribution < -0.4 is 5.73 Å². The summed E-state index contributed by atoms with van der Waals surface area (Å²) in [7, 11) is 0. The quantitative estimate of drug-likeness (QED) is 0.851. The molecule has 0 spiro atoms. The maximum atomic E-state index is 5.64. The van der Waals surface area contributed by atoms with Gasteiger partial charge in [0.15, 0.2) is 0 Å². The van der Waals surface area contributed by atoms with Gasteiger partial charge in [-0.15, -0.1) is 0 Å². The van der Waals surface area contributed by atoms with Crippen LogP contribution in [-0.2, 0) is 6.42 Å². The molecule has 0 aliphatic heterocycles. The van der Waals surface area contributed by atoms with E-state index in [4.69, 9.17) is 5.73 Å². The maximum Gasteiger partial charge on any atom is 0.0950 e. The number of hydrogen-bond acceptors (Lipinski definition) is 2. The Bertz CT molecular complexity index is 332.